The maximum absolute atomic E-state index is 12.8. The van der Waals surface area contributed by atoms with Crippen molar-refractivity contribution in [2.24, 2.45) is 0 Å². The standard InChI is InChI=1S/C17H16ClF3N4O3/c18-12-8-10(17(19,20)21)9-22-14(12)25-5-1-2-13(25)15(26)23-11-3-6-24(7-4-11)16(27)28/h1-2,5,8-9,11H,3-4,6-7H2,(H,23,26)(H,27,28). The summed E-state index contributed by atoms with van der Waals surface area (Å²) in [5.41, 5.74) is -0.820. The van der Waals surface area contributed by atoms with E-state index < -0.39 is 23.7 Å². The number of alkyl halides is 3. The van der Waals surface area contributed by atoms with E-state index in [0.29, 0.717) is 32.1 Å². The zero-order valence-corrected chi connectivity index (χ0v) is 15.2. The molecule has 11 heteroatoms. The van der Waals surface area contributed by atoms with E-state index in [4.69, 9.17) is 16.7 Å². The van der Waals surface area contributed by atoms with Gasteiger partial charge >= 0.3 is 12.3 Å². The predicted octanol–water partition coefficient (Wildman–Crippen LogP) is 3.42. The van der Waals surface area contributed by atoms with E-state index in [-0.39, 0.29) is 22.6 Å². The molecule has 1 aliphatic heterocycles. The van der Waals surface area contributed by atoms with Crippen molar-refractivity contribution in [3.63, 3.8) is 0 Å². The summed E-state index contributed by atoms with van der Waals surface area (Å²) in [5, 5.41) is 11.5. The molecule has 0 bridgehead atoms. The Labute approximate surface area is 162 Å². The van der Waals surface area contributed by atoms with Gasteiger partial charge in [-0.2, -0.15) is 13.2 Å². The Bertz CT molecular complexity index is 892. The van der Waals surface area contributed by atoms with Gasteiger partial charge in [0.15, 0.2) is 5.82 Å². The number of hydrogen-bond donors (Lipinski definition) is 2. The van der Waals surface area contributed by atoms with Gasteiger partial charge in [0.25, 0.3) is 5.91 Å². The third-order valence-corrected chi connectivity index (χ3v) is 4.74. The van der Waals surface area contributed by atoms with Gasteiger partial charge in [0, 0.05) is 31.5 Å². The summed E-state index contributed by atoms with van der Waals surface area (Å²) in [4.78, 5) is 28.6. The molecule has 0 saturated carbocycles. The number of aromatic nitrogens is 2. The molecule has 0 radical (unpaired) electrons. The quantitative estimate of drug-likeness (QED) is 0.802. The Morgan fingerprint density at radius 2 is 1.96 bits per heavy atom. The van der Waals surface area contributed by atoms with Crippen LogP contribution in [0.25, 0.3) is 5.82 Å². The van der Waals surface area contributed by atoms with Gasteiger partial charge in [-0.25, -0.2) is 9.78 Å². The number of likely N-dealkylation sites (tertiary alicyclic amines) is 1. The number of pyridine rings is 1. The van der Waals surface area contributed by atoms with Crippen molar-refractivity contribution in [3.05, 3.63) is 46.9 Å². The number of piperidine rings is 1. The molecular formula is C17H16ClF3N4O3. The number of nitrogens with zero attached hydrogens (tertiary/aromatic N) is 3. The molecular weight excluding hydrogens is 401 g/mol. The molecule has 1 saturated heterocycles. The van der Waals surface area contributed by atoms with E-state index in [1.165, 1.54) is 21.7 Å². The lowest BCUT2D eigenvalue weighted by Crippen LogP contribution is -2.46. The van der Waals surface area contributed by atoms with Gasteiger partial charge in [0.05, 0.1) is 10.6 Å². The number of rotatable bonds is 3. The Kier molecular flexibility index (Phi) is 5.50. The average Bonchev–Trinajstić information content (AvgIpc) is 3.11. The zero-order chi connectivity index (χ0) is 20.5. The van der Waals surface area contributed by atoms with E-state index in [2.05, 4.69) is 10.3 Å². The third kappa shape index (κ3) is 4.22. The molecule has 2 aromatic heterocycles. The summed E-state index contributed by atoms with van der Waals surface area (Å²) >= 11 is 5.96. The molecule has 0 aromatic carbocycles. The minimum Gasteiger partial charge on any atom is -0.465 e. The van der Waals surface area contributed by atoms with Crippen molar-refractivity contribution >= 4 is 23.6 Å². The summed E-state index contributed by atoms with van der Waals surface area (Å²) in [6, 6.07) is 3.60. The van der Waals surface area contributed by atoms with Gasteiger partial charge < -0.3 is 15.3 Å². The number of hydrogen-bond acceptors (Lipinski definition) is 3. The van der Waals surface area contributed by atoms with Crippen molar-refractivity contribution < 1.29 is 27.9 Å². The highest BCUT2D eigenvalue weighted by atomic mass is 35.5. The van der Waals surface area contributed by atoms with E-state index in [0.717, 1.165) is 6.07 Å². The second-order valence-electron chi connectivity index (χ2n) is 6.31. The number of halogens is 4. The molecule has 2 aromatic rings. The van der Waals surface area contributed by atoms with Crippen LogP contribution in [0.3, 0.4) is 0 Å². The van der Waals surface area contributed by atoms with Crippen molar-refractivity contribution in [2.45, 2.75) is 25.1 Å². The van der Waals surface area contributed by atoms with Crippen LogP contribution >= 0.6 is 11.6 Å². The van der Waals surface area contributed by atoms with Gasteiger partial charge in [0.1, 0.15) is 5.69 Å². The van der Waals surface area contributed by atoms with E-state index in [1.54, 1.807) is 6.07 Å². The molecule has 0 spiro atoms. The van der Waals surface area contributed by atoms with Crippen LogP contribution in [0.2, 0.25) is 5.02 Å². The molecule has 0 aliphatic carbocycles. The van der Waals surface area contributed by atoms with E-state index in [9.17, 15) is 22.8 Å². The van der Waals surface area contributed by atoms with Gasteiger partial charge in [-0.3, -0.25) is 9.36 Å². The second kappa shape index (κ2) is 7.70. The number of carboxylic acid groups (broad SMARTS) is 1. The fourth-order valence-electron chi connectivity index (χ4n) is 2.99. The summed E-state index contributed by atoms with van der Waals surface area (Å²) < 4.78 is 39.6. The molecule has 2 N–H and O–H groups in total. The smallest absolute Gasteiger partial charge is 0.417 e. The van der Waals surface area contributed by atoms with Crippen molar-refractivity contribution in [2.75, 3.05) is 13.1 Å². The summed E-state index contributed by atoms with van der Waals surface area (Å²) in [6.45, 7) is 0.626. The number of amides is 2. The molecule has 1 aliphatic rings. The maximum atomic E-state index is 12.8. The van der Waals surface area contributed by atoms with Crippen LogP contribution in [0.1, 0.15) is 28.9 Å². The molecule has 3 heterocycles. The lowest BCUT2D eigenvalue weighted by atomic mass is 10.1. The molecule has 0 unspecified atom stereocenters. The monoisotopic (exact) mass is 416 g/mol. The first kappa shape index (κ1) is 20.0. The summed E-state index contributed by atoms with van der Waals surface area (Å²) in [7, 11) is 0. The van der Waals surface area contributed by atoms with Crippen molar-refractivity contribution in [3.8, 4) is 5.82 Å². The van der Waals surface area contributed by atoms with Crippen LogP contribution in [0.5, 0.6) is 0 Å². The normalized spacial score (nSPS) is 15.5. The Morgan fingerprint density at radius 3 is 2.54 bits per heavy atom. The largest absolute Gasteiger partial charge is 0.465 e. The first-order chi connectivity index (χ1) is 13.2. The Morgan fingerprint density at radius 1 is 1.29 bits per heavy atom. The molecule has 0 atom stereocenters. The second-order valence-corrected chi connectivity index (χ2v) is 6.72. The van der Waals surface area contributed by atoms with Gasteiger partial charge in [-0.1, -0.05) is 11.6 Å². The van der Waals surface area contributed by atoms with Gasteiger partial charge in [-0.15, -0.1) is 0 Å². The molecule has 7 nitrogen and oxygen atoms in total. The number of carbonyl (C=O) groups excluding carboxylic acids is 1. The predicted molar refractivity (Wildman–Crippen MR) is 93.7 cm³/mol. The lowest BCUT2D eigenvalue weighted by Gasteiger charge is -2.30. The lowest BCUT2D eigenvalue weighted by molar-refractivity contribution is -0.137. The SMILES string of the molecule is O=C(NC1CCN(C(=O)O)CC1)c1cccn1-c1ncc(C(F)(F)F)cc1Cl. The molecule has 3 rings (SSSR count). The fraction of sp³-hybridized carbons (Fsp3) is 0.353. The van der Waals surface area contributed by atoms with Crippen LogP contribution < -0.4 is 5.32 Å². The first-order valence-electron chi connectivity index (χ1n) is 8.36. The van der Waals surface area contributed by atoms with E-state index >= 15 is 0 Å². The highest BCUT2D eigenvalue weighted by Crippen LogP contribution is 2.32. The van der Waals surface area contributed by atoms with Crippen LogP contribution in [-0.2, 0) is 6.18 Å². The Hall–Kier alpha value is -2.75. The topological polar surface area (TPSA) is 87.5 Å². The fourth-order valence-corrected chi connectivity index (χ4v) is 3.25. The summed E-state index contributed by atoms with van der Waals surface area (Å²) in [6.07, 6.45) is -2.50. The molecule has 28 heavy (non-hydrogen) atoms. The van der Waals surface area contributed by atoms with Crippen molar-refractivity contribution in [1.82, 2.24) is 19.8 Å². The minimum absolute atomic E-state index is 0.00510. The van der Waals surface area contributed by atoms with E-state index in [1.807, 2.05) is 0 Å². The van der Waals surface area contributed by atoms with Gasteiger partial charge in [-0.05, 0) is 31.0 Å². The average molecular weight is 417 g/mol. The number of carbonyl (C=O) groups is 2. The zero-order valence-electron chi connectivity index (χ0n) is 14.4. The van der Waals surface area contributed by atoms with Crippen LogP contribution in [-0.4, -0.2) is 50.7 Å². The minimum atomic E-state index is -4.57. The van der Waals surface area contributed by atoms with Crippen LogP contribution in [0.4, 0.5) is 18.0 Å². The van der Waals surface area contributed by atoms with Crippen LogP contribution in [0, 0.1) is 0 Å². The van der Waals surface area contributed by atoms with Crippen LogP contribution in [0.15, 0.2) is 30.6 Å². The highest BCUT2D eigenvalue weighted by molar-refractivity contribution is 6.32. The maximum Gasteiger partial charge on any atom is 0.417 e. The summed E-state index contributed by atoms with van der Waals surface area (Å²) in [5.74, 6) is -0.443. The molecule has 150 valence electrons. The first-order valence-corrected chi connectivity index (χ1v) is 8.74. The number of nitrogens with one attached hydrogen (secondary N) is 1. The highest BCUT2D eigenvalue weighted by Gasteiger charge is 2.32. The van der Waals surface area contributed by atoms with Crippen molar-refractivity contribution in [1.29, 1.82) is 0 Å². The Balaban J connectivity index is 1.75. The molecule has 2 amide bonds. The molecule has 1 fully saturated rings. The van der Waals surface area contributed by atoms with Gasteiger partial charge in [0.2, 0.25) is 0 Å². The third-order valence-electron chi connectivity index (χ3n) is 4.46.